The molecule has 5 N–H and O–H groups in total. The van der Waals surface area contributed by atoms with Gasteiger partial charge in [0.25, 0.3) is 0 Å². The van der Waals surface area contributed by atoms with Crippen LogP contribution in [-0.4, -0.2) is 251 Å². The van der Waals surface area contributed by atoms with Gasteiger partial charge in [-0.25, -0.2) is 0 Å². The van der Waals surface area contributed by atoms with Gasteiger partial charge in [-0.1, -0.05) is 108 Å². The van der Waals surface area contributed by atoms with E-state index in [1.807, 2.05) is 55.4 Å². The van der Waals surface area contributed by atoms with Gasteiger partial charge in [0.1, 0.15) is 60.4 Å². The zero-order chi connectivity index (χ0) is 72.3. The van der Waals surface area contributed by atoms with Crippen molar-refractivity contribution in [2.24, 2.45) is 41.4 Å². The smallest absolute Gasteiger partial charge is 0.245 e. The highest BCUT2D eigenvalue weighted by Gasteiger charge is 2.45. The average Bonchev–Trinajstić information content (AvgIpc) is 0.842. The number of carbonyl (C=O) groups excluding carboxylic acids is 12. The largest absolute Gasteiger partial charge is 0.393 e. The summed E-state index contributed by atoms with van der Waals surface area (Å²) in [6.07, 6.45) is 9.13. The summed E-state index contributed by atoms with van der Waals surface area (Å²) in [6.45, 7) is 21.7. The number of nitrogens with one attached hydrogen (secondary N) is 4. The second-order valence-electron chi connectivity index (χ2n) is 30.3. The normalized spacial score (nSPS) is 29.4. The summed E-state index contributed by atoms with van der Waals surface area (Å²) < 4.78 is 0. The maximum Gasteiger partial charge on any atom is 0.245 e. The fraction of sp³-hybridized carbons (Fsp3) is 0.831. The van der Waals surface area contributed by atoms with Gasteiger partial charge >= 0.3 is 0 Å². The third-order valence-corrected chi connectivity index (χ3v) is 20.8. The molecule has 0 unspecified atom stereocenters. The number of likely N-dealkylation sites (tertiary alicyclic amines) is 1. The molecule has 2 saturated heterocycles. The fourth-order valence-electron chi connectivity index (χ4n) is 14.1. The predicted molar refractivity (Wildman–Crippen MR) is 368 cm³/mol. The van der Waals surface area contributed by atoms with Crippen LogP contribution < -0.4 is 21.3 Å². The van der Waals surface area contributed by atoms with Gasteiger partial charge in [-0.3, -0.25) is 57.5 Å². The van der Waals surface area contributed by atoms with E-state index in [4.69, 9.17) is 0 Å². The first-order valence-corrected chi connectivity index (χ1v) is 35.9. The number of hydrogen-bond donors (Lipinski definition) is 5. The van der Waals surface area contributed by atoms with E-state index in [0.717, 1.165) is 43.4 Å². The van der Waals surface area contributed by atoms with Gasteiger partial charge in [-0.05, 0) is 132 Å². The lowest BCUT2D eigenvalue weighted by Gasteiger charge is -2.40. The van der Waals surface area contributed by atoms with Crippen LogP contribution >= 0.6 is 0 Å². The van der Waals surface area contributed by atoms with Gasteiger partial charge in [0, 0.05) is 62.4 Å². The van der Waals surface area contributed by atoms with Crippen LogP contribution in [0.1, 0.15) is 205 Å². The van der Waals surface area contributed by atoms with Crippen LogP contribution in [-0.2, 0) is 57.5 Å². The van der Waals surface area contributed by atoms with Crippen molar-refractivity contribution < 1.29 is 62.6 Å². The molecule has 2 aliphatic carbocycles. The third-order valence-electron chi connectivity index (χ3n) is 20.8. The highest BCUT2D eigenvalue weighted by atomic mass is 16.3. The molecule has 2 heterocycles. The number of aliphatic hydroxyl groups is 1. The van der Waals surface area contributed by atoms with Crippen molar-refractivity contribution in [3.63, 3.8) is 0 Å². The lowest BCUT2D eigenvalue weighted by Crippen LogP contribution is -2.62. The molecule has 0 aromatic heterocycles. The first-order valence-electron chi connectivity index (χ1n) is 35.9. The first-order chi connectivity index (χ1) is 44.9. The summed E-state index contributed by atoms with van der Waals surface area (Å²) in [6, 6.07) is -12.0. The molecule has 0 aromatic rings. The molecule has 0 spiro atoms. The number of nitrogens with zero attached hydrogens (tertiary/aromatic N) is 8. The number of aliphatic hydroxyl groups excluding tert-OH is 1. The Morgan fingerprint density at radius 1 is 0.479 bits per heavy atom. The minimum atomic E-state index is -1.43. The van der Waals surface area contributed by atoms with Crippen molar-refractivity contribution in [1.29, 1.82) is 0 Å². The van der Waals surface area contributed by atoms with Crippen LogP contribution in [0.25, 0.3) is 0 Å². The number of amides is 12. The van der Waals surface area contributed by atoms with Crippen molar-refractivity contribution in [2.75, 3.05) is 69.0 Å². The fourth-order valence-corrected chi connectivity index (χ4v) is 14.1. The van der Waals surface area contributed by atoms with Crippen LogP contribution in [0.4, 0.5) is 0 Å². The summed E-state index contributed by atoms with van der Waals surface area (Å²) >= 11 is 0. The summed E-state index contributed by atoms with van der Waals surface area (Å²) in [5.41, 5.74) is 0. The number of carbonyl (C=O) groups is 12. The molecular weight excluding hydrogens is 1230 g/mol. The molecule has 0 radical (unpaired) electrons. The van der Waals surface area contributed by atoms with E-state index in [0.29, 0.717) is 58.0 Å². The maximum absolute atomic E-state index is 15.5. The lowest BCUT2D eigenvalue weighted by molar-refractivity contribution is -0.152. The Labute approximate surface area is 573 Å². The molecule has 96 heavy (non-hydrogen) atoms. The summed E-state index contributed by atoms with van der Waals surface area (Å²) in [5, 5.41) is 22.1. The molecule has 0 aromatic carbocycles. The zero-order valence-corrected chi connectivity index (χ0v) is 61.9. The van der Waals surface area contributed by atoms with Crippen LogP contribution in [0.2, 0.25) is 0 Å². The molecule has 4 aliphatic rings. The molecular formula is C71H124N12O13. The Kier molecular flexibility index (Phi) is 32.5. The average molecular weight is 1350 g/mol. The highest BCUT2D eigenvalue weighted by molar-refractivity contribution is 6.00. The van der Waals surface area contributed by atoms with Gasteiger partial charge in [0.2, 0.25) is 70.9 Å². The standard InChI is InChI=1S/C71H124N12O13/c1-20-46(10)61-65(90)74-52(38-50-29-31-51(84)32-30-50)67(92)76(13)41-59(86)78(15)54(35-42(2)3)64(89)73-53(68(93)83-33-25-22-26-34-83)40-58(85)77(14)48(12)62(87)75-60(45(8)9)71(96)81(18)56(37-44(6)7)69(94)79(16)55(36-43(4)5)63(88)72-47(11)66(91)80(17)57(70(95)82(61)19)39-49-27-23-21-24-28-49/h42-57,60-61,84H,20-41H2,1-19H3,(H,72,88)(H,73,89)(H,74,90)(H,75,87)/t46-,47-,48-,50?,51?,52-,53-,54-,55-,56-,57-,60-,61-/m0/s1. The third kappa shape index (κ3) is 22.8. The number of piperidine rings is 1. The van der Waals surface area contributed by atoms with Gasteiger partial charge < -0.3 is 65.6 Å². The van der Waals surface area contributed by atoms with E-state index in [-0.39, 0.29) is 61.7 Å². The van der Waals surface area contributed by atoms with Crippen molar-refractivity contribution in [2.45, 2.75) is 272 Å². The maximum atomic E-state index is 15.5. The number of hydrogen-bond acceptors (Lipinski definition) is 13. The molecule has 25 nitrogen and oxygen atoms in total. The van der Waals surface area contributed by atoms with Crippen LogP contribution in [0, 0.1) is 41.4 Å². The second-order valence-corrected chi connectivity index (χ2v) is 30.3. The van der Waals surface area contributed by atoms with Crippen LogP contribution in [0.3, 0.4) is 0 Å². The lowest BCUT2D eigenvalue weighted by atomic mass is 9.83. The Morgan fingerprint density at radius 2 is 0.969 bits per heavy atom. The van der Waals surface area contributed by atoms with Gasteiger partial charge in [0.15, 0.2) is 0 Å². The van der Waals surface area contributed by atoms with E-state index in [9.17, 15) is 43.5 Å². The van der Waals surface area contributed by atoms with Crippen molar-refractivity contribution in [3.05, 3.63) is 0 Å². The molecule has 12 amide bonds. The molecule has 11 atom stereocenters. The Morgan fingerprint density at radius 3 is 1.51 bits per heavy atom. The van der Waals surface area contributed by atoms with Crippen molar-refractivity contribution >= 4 is 70.9 Å². The van der Waals surface area contributed by atoms with E-state index in [1.165, 1.54) is 92.6 Å². The molecule has 4 rings (SSSR count). The van der Waals surface area contributed by atoms with Crippen LogP contribution in [0.5, 0.6) is 0 Å². The minimum Gasteiger partial charge on any atom is -0.393 e. The van der Waals surface area contributed by atoms with Gasteiger partial charge in [-0.2, -0.15) is 0 Å². The molecule has 546 valence electrons. The zero-order valence-electron chi connectivity index (χ0n) is 61.9. The quantitative estimate of drug-likeness (QED) is 0.160. The predicted octanol–water partition coefficient (Wildman–Crippen LogP) is 4.55. The van der Waals surface area contributed by atoms with Crippen molar-refractivity contribution in [1.82, 2.24) is 60.5 Å². The second kappa shape index (κ2) is 38.1. The van der Waals surface area contributed by atoms with Crippen molar-refractivity contribution in [3.8, 4) is 0 Å². The molecule has 4 fully saturated rings. The van der Waals surface area contributed by atoms with Crippen LogP contribution in [0.15, 0.2) is 0 Å². The molecule has 2 aliphatic heterocycles. The van der Waals surface area contributed by atoms with E-state index in [2.05, 4.69) is 21.3 Å². The Balaban J connectivity index is 1.91. The van der Waals surface area contributed by atoms with Gasteiger partial charge in [-0.15, -0.1) is 0 Å². The Bertz CT molecular complexity index is 2650. The summed E-state index contributed by atoms with van der Waals surface area (Å²) in [5.74, 6) is -8.97. The van der Waals surface area contributed by atoms with E-state index >= 15 is 19.2 Å². The minimum absolute atomic E-state index is 0.0544. The molecule has 0 bridgehead atoms. The number of likely N-dealkylation sites (N-methyl/N-ethyl adjacent to an activating group) is 7. The number of rotatable bonds is 14. The SMILES string of the molecule is CC[C@H](C)[C@H]1C(=O)N[C@@H](CC2CCC(O)CC2)C(=O)N(C)CC(=O)N(C)[C@@H](CC(C)C)C(=O)N[C@H](C(=O)N2CCCCC2)CC(=O)N(C)[C@@H](C)C(=O)N[C@@H](C(C)C)C(=O)N(C)[C@@H](CC(C)C)C(=O)N(C)[C@@H](CC(C)C)C(=O)N[C@@H](C)C(=O)N(C)[C@@H](CC2CCCCC2)C(=O)N1C. The van der Waals surface area contributed by atoms with E-state index in [1.54, 1.807) is 18.7 Å². The first kappa shape index (κ1) is 82.0. The molecule has 2 saturated carbocycles. The van der Waals surface area contributed by atoms with E-state index < -0.39 is 162 Å². The topological polar surface area (TPSA) is 299 Å². The summed E-state index contributed by atoms with van der Waals surface area (Å²) in [7, 11) is 10.2. The van der Waals surface area contributed by atoms with Gasteiger partial charge in [0.05, 0.1) is 19.1 Å². The Hall–Kier alpha value is -6.40. The summed E-state index contributed by atoms with van der Waals surface area (Å²) in [4.78, 5) is 189. The monoisotopic (exact) mass is 1350 g/mol. The molecule has 25 heteroatoms. The highest BCUT2D eigenvalue weighted by Crippen LogP contribution is 2.32.